The minimum atomic E-state index is -0.695. The maximum absolute atomic E-state index is 13.1. The fraction of sp³-hybridized carbons (Fsp3) is 0.136. The van der Waals surface area contributed by atoms with Gasteiger partial charge in [-0.2, -0.15) is 0 Å². The first-order valence-electron chi connectivity index (χ1n) is 9.08. The molecule has 0 aliphatic carbocycles. The van der Waals surface area contributed by atoms with E-state index in [1.165, 1.54) is 26.4 Å². The Morgan fingerprint density at radius 2 is 1.61 bits per heavy atom. The molecule has 0 unspecified atom stereocenters. The largest absolute Gasteiger partial charge is 0.495 e. The summed E-state index contributed by atoms with van der Waals surface area (Å²) in [6, 6.07) is 11.8. The van der Waals surface area contributed by atoms with Gasteiger partial charge < -0.3 is 20.1 Å². The first-order chi connectivity index (χ1) is 14.8. The summed E-state index contributed by atoms with van der Waals surface area (Å²) in [5.41, 5.74) is 1.09. The number of ether oxygens (including phenoxy) is 2. The van der Waals surface area contributed by atoms with Crippen molar-refractivity contribution in [1.29, 1.82) is 0 Å². The number of carbonyl (C=O) groups is 3. The minimum Gasteiger partial charge on any atom is -0.495 e. The quantitative estimate of drug-likeness (QED) is 0.549. The van der Waals surface area contributed by atoms with Gasteiger partial charge in [0.25, 0.3) is 11.8 Å². The zero-order valence-electron chi connectivity index (χ0n) is 16.9. The molecule has 2 aromatic carbocycles. The normalized spacial score (nSPS) is 10.3. The highest BCUT2D eigenvalue weighted by atomic mass is 32.1. The molecule has 0 fully saturated rings. The Bertz CT molecular complexity index is 1140. The van der Waals surface area contributed by atoms with E-state index >= 15 is 0 Å². The van der Waals surface area contributed by atoms with Crippen LogP contribution in [0.1, 0.15) is 36.0 Å². The molecular weight excluding hydrogens is 423 g/mol. The number of methoxy groups -OCH3 is 2. The second-order valence-electron chi connectivity index (χ2n) is 6.37. The third-order valence-electron chi connectivity index (χ3n) is 4.43. The molecule has 0 saturated carbocycles. The fourth-order valence-electron chi connectivity index (χ4n) is 2.87. The van der Waals surface area contributed by atoms with E-state index < -0.39 is 23.6 Å². The van der Waals surface area contributed by atoms with Crippen molar-refractivity contribution in [2.24, 2.45) is 0 Å². The number of amides is 2. The van der Waals surface area contributed by atoms with Gasteiger partial charge in [0.15, 0.2) is 0 Å². The number of halogens is 1. The van der Waals surface area contributed by atoms with Crippen LogP contribution in [0.25, 0.3) is 0 Å². The summed E-state index contributed by atoms with van der Waals surface area (Å²) < 4.78 is 23.2. The van der Waals surface area contributed by atoms with Crippen LogP contribution >= 0.6 is 11.3 Å². The maximum atomic E-state index is 13.1. The van der Waals surface area contributed by atoms with E-state index in [9.17, 15) is 18.8 Å². The third kappa shape index (κ3) is 4.72. The first kappa shape index (κ1) is 22.0. The van der Waals surface area contributed by atoms with Gasteiger partial charge in [-0.15, -0.1) is 11.3 Å². The van der Waals surface area contributed by atoms with Crippen LogP contribution in [0.15, 0.2) is 48.5 Å². The number of benzene rings is 2. The number of carbonyl (C=O) groups excluding carboxylic acids is 3. The summed E-state index contributed by atoms with van der Waals surface area (Å²) >= 11 is 0.937. The lowest BCUT2D eigenvalue weighted by Crippen LogP contribution is -2.14. The van der Waals surface area contributed by atoms with E-state index in [1.807, 2.05) is 0 Å². The zero-order chi connectivity index (χ0) is 22.5. The Morgan fingerprint density at radius 3 is 2.26 bits per heavy atom. The Kier molecular flexibility index (Phi) is 6.66. The van der Waals surface area contributed by atoms with E-state index in [0.717, 1.165) is 23.5 Å². The highest BCUT2D eigenvalue weighted by Gasteiger charge is 2.27. The molecule has 9 heteroatoms. The van der Waals surface area contributed by atoms with Gasteiger partial charge in [0.05, 0.1) is 30.3 Å². The first-order valence-corrected chi connectivity index (χ1v) is 9.90. The average molecular weight is 442 g/mol. The van der Waals surface area contributed by atoms with Crippen molar-refractivity contribution in [3.05, 3.63) is 75.9 Å². The molecule has 2 amide bonds. The standard InChI is InChI=1S/C22H19FN2O5S/c1-12-17(22(28)30-3)21(25-19(26)13-8-10-14(23)11-9-13)31-18(12)20(27)24-15-6-4-5-7-16(15)29-2/h4-11H,1-3H3,(H,24,27)(H,25,26). The highest BCUT2D eigenvalue weighted by molar-refractivity contribution is 7.19. The summed E-state index contributed by atoms with van der Waals surface area (Å²) in [5.74, 6) is -1.72. The predicted molar refractivity (Wildman–Crippen MR) is 116 cm³/mol. The van der Waals surface area contributed by atoms with Crippen molar-refractivity contribution in [1.82, 2.24) is 0 Å². The smallest absolute Gasteiger partial charge is 0.341 e. The zero-order valence-corrected chi connectivity index (χ0v) is 17.8. The second-order valence-corrected chi connectivity index (χ2v) is 7.39. The van der Waals surface area contributed by atoms with Crippen molar-refractivity contribution in [3.63, 3.8) is 0 Å². The molecule has 0 saturated heterocycles. The average Bonchev–Trinajstić information content (AvgIpc) is 3.09. The lowest BCUT2D eigenvalue weighted by atomic mass is 10.1. The second kappa shape index (κ2) is 9.40. The molecule has 1 heterocycles. The van der Waals surface area contributed by atoms with E-state index in [1.54, 1.807) is 31.2 Å². The summed E-state index contributed by atoms with van der Waals surface area (Å²) in [6.07, 6.45) is 0. The topological polar surface area (TPSA) is 93.7 Å². The lowest BCUT2D eigenvalue weighted by Gasteiger charge is -2.09. The Labute approximate surface area is 181 Å². The van der Waals surface area contributed by atoms with Crippen LogP contribution in [0.3, 0.4) is 0 Å². The third-order valence-corrected chi connectivity index (χ3v) is 5.64. The number of hydrogen-bond acceptors (Lipinski definition) is 6. The predicted octanol–water partition coefficient (Wildman–Crippen LogP) is 4.50. The van der Waals surface area contributed by atoms with E-state index in [0.29, 0.717) is 17.0 Å². The van der Waals surface area contributed by atoms with Crippen LogP contribution in [-0.4, -0.2) is 32.0 Å². The summed E-state index contributed by atoms with van der Waals surface area (Å²) in [6.45, 7) is 1.59. The fourth-order valence-corrected chi connectivity index (χ4v) is 3.95. The summed E-state index contributed by atoms with van der Waals surface area (Å²) in [4.78, 5) is 38.0. The van der Waals surface area contributed by atoms with E-state index in [2.05, 4.69) is 10.6 Å². The molecule has 2 N–H and O–H groups in total. The van der Waals surface area contributed by atoms with Crippen molar-refractivity contribution in [2.45, 2.75) is 6.92 Å². The van der Waals surface area contributed by atoms with Crippen LogP contribution < -0.4 is 15.4 Å². The number of hydrogen-bond donors (Lipinski definition) is 2. The van der Waals surface area contributed by atoms with Gasteiger partial charge in [0, 0.05) is 5.56 Å². The van der Waals surface area contributed by atoms with Crippen LogP contribution in [0, 0.1) is 12.7 Å². The van der Waals surface area contributed by atoms with Crippen molar-refractivity contribution >= 4 is 39.8 Å². The number of esters is 1. The molecule has 1 aromatic heterocycles. The monoisotopic (exact) mass is 442 g/mol. The van der Waals surface area contributed by atoms with E-state index in [4.69, 9.17) is 9.47 Å². The van der Waals surface area contributed by atoms with Gasteiger partial charge in [-0.1, -0.05) is 12.1 Å². The highest BCUT2D eigenvalue weighted by Crippen LogP contribution is 2.35. The van der Waals surface area contributed by atoms with Crippen molar-refractivity contribution in [2.75, 3.05) is 24.9 Å². The van der Waals surface area contributed by atoms with Crippen LogP contribution in [0.5, 0.6) is 5.75 Å². The van der Waals surface area contributed by atoms with Crippen molar-refractivity contribution < 1.29 is 28.2 Å². The number of thiophene rings is 1. The number of anilines is 2. The Balaban J connectivity index is 1.94. The van der Waals surface area contributed by atoms with Gasteiger partial charge in [-0.3, -0.25) is 9.59 Å². The lowest BCUT2D eigenvalue weighted by molar-refractivity contribution is 0.0601. The molecule has 3 aromatic rings. The van der Waals surface area contributed by atoms with Gasteiger partial charge in [0.1, 0.15) is 16.6 Å². The molecular formula is C22H19FN2O5S. The van der Waals surface area contributed by atoms with Crippen LogP contribution in [0.4, 0.5) is 15.1 Å². The number of nitrogens with one attached hydrogen (secondary N) is 2. The van der Waals surface area contributed by atoms with Crippen LogP contribution in [-0.2, 0) is 4.74 Å². The van der Waals surface area contributed by atoms with Gasteiger partial charge in [-0.25, -0.2) is 9.18 Å². The van der Waals surface area contributed by atoms with Gasteiger partial charge >= 0.3 is 5.97 Å². The van der Waals surface area contributed by atoms with E-state index in [-0.39, 0.29) is 21.0 Å². The molecule has 0 atom stereocenters. The number of para-hydroxylation sites is 2. The maximum Gasteiger partial charge on any atom is 0.341 e. The molecule has 0 aliphatic heterocycles. The molecule has 0 aliphatic rings. The SMILES string of the molecule is COC(=O)c1c(NC(=O)c2ccc(F)cc2)sc(C(=O)Nc2ccccc2OC)c1C. The molecule has 31 heavy (non-hydrogen) atoms. The molecule has 0 spiro atoms. The number of rotatable bonds is 6. The molecule has 3 rings (SSSR count). The molecule has 7 nitrogen and oxygen atoms in total. The summed E-state index contributed by atoms with van der Waals surface area (Å²) in [5, 5.41) is 5.52. The Morgan fingerprint density at radius 1 is 0.935 bits per heavy atom. The van der Waals surface area contributed by atoms with Crippen LogP contribution in [0.2, 0.25) is 0 Å². The minimum absolute atomic E-state index is 0.0770. The van der Waals surface area contributed by atoms with Crippen molar-refractivity contribution in [3.8, 4) is 5.75 Å². The molecule has 0 radical (unpaired) electrons. The van der Waals surface area contributed by atoms with Gasteiger partial charge in [-0.05, 0) is 48.9 Å². The molecule has 160 valence electrons. The van der Waals surface area contributed by atoms with Gasteiger partial charge in [0.2, 0.25) is 0 Å². The molecule has 0 bridgehead atoms. The Hall–Kier alpha value is -3.72. The summed E-state index contributed by atoms with van der Waals surface area (Å²) in [7, 11) is 2.69.